The molecule has 10 nitrogen and oxygen atoms in total. The van der Waals surface area contributed by atoms with E-state index >= 15 is 4.39 Å². The van der Waals surface area contributed by atoms with Gasteiger partial charge in [-0.1, -0.05) is 0 Å². The van der Waals surface area contributed by atoms with Crippen molar-refractivity contribution in [3.05, 3.63) is 42.6 Å². The summed E-state index contributed by atoms with van der Waals surface area (Å²) in [4.78, 5) is 19.0. The number of carbonyl (C=O) groups excluding carboxylic acids is 1. The average molecular weight is 480 g/mol. The van der Waals surface area contributed by atoms with Crippen molar-refractivity contribution in [2.24, 2.45) is 7.05 Å². The van der Waals surface area contributed by atoms with Gasteiger partial charge in [0.05, 0.1) is 42.0 Å². The number of fused-ring (bicyclic) bond motifs is 1. The lowest BCUT2D eigenvalue weighted by atomic mass is 10.1. The number of likely N-dealkylation sites (tertiary alicyclic amines) is 1. The molecule has 11 heteroatoms. The number of nitrogens with zero attached hydrogens (tertiary/aromatic N) is 5. The molecule has 1 fully saturated rings. The minimum Gasteiger partial charge on any atom is -0.496 e. The molecule has 1 aromatic carbocycles. The Labute approximate surface area is 201 Å². The number of aryl methyl sites for hydroxylation is 1. The second kappa shape index (κ2) is 9.34. The predicted octanol–water partition coefficient (Wildman–Crippen LogP) is 3.82. The fourth-order valence-electron chi connectivity index (χ4n) is 4.28. The van der Waals surface area contributed by atoms with Gasteiger partial charge in [-0.3, -0.25) is 20.1 Å². The van der Waals surface area contributed by atoms with Gasteiger partial charge in [0.25, 0.3) is 0 Å². The lowest BCUT2D eigenvalue weighted by molar-refractivity contribution is 0.0662. The molecule has 0 unspecified atom stereocenters. The zero-order chi connectivity index (χ0) is 24.5. The Hall–Kier alpha value is -3.99. The van der Waals surface area contributed by atoms with Gasteiger partial charge in [0, 0.05) is 43.4 Å². The van der Waals surface area contributed by atoms with Crippen LogP contribution in [0.3, 0.4) is 0 Å². The molecule has 0 radical (unpaired) electrons. The number of carbonyl (C=O) groups is 1. The first-order chi connectivity index (χ1) is 16.9. The van der Waals surface area contributed by atoms with Gasteiger partial charge in [-0.15, -0.1) is 0 Å². The topological polar surface area (TPSA) is 110 Å². The van der Waals surface area contributed by atoms with Gasteiger partial charge in [-0.25, -0.2) is 9.18 Å². The molecule has 3 aromatic heterocycles. The summed E-state index contributed by atoms with van der Waals surface area (Å²) in [5.41, 5.74) is 3.02. The van der Waals surface area contributed by atoms with Crippen LogP contribution in [0.4, 0.5) is 14.9 Å². The Morgan fingerprint density at radius 3 is 2.71 bits per heavy atom. The van der Waals surface area contributed by atoms with Crippen molar-refractivity contribution in [3.63, 3.8) is 0 Å². The molecule has 4 heterocycles. The number of nitrogens with one attached hydrogen (secondary N) is 2. The molecule has 1 amide bonds. The lowest BCUT2D eigenvalue weighted by Crippen LogP contribution is -2.36. The minimum atomic E-state index is -0.618. The largest absolute Gasteiger partial charge is 0.496 e. The van der Waals surface area contributed by atoms with Crippen molar-refractivity contribution >= 4 is 22.7 Å². The first-order valence-corrected chi connectivity index (χ1v) is 11.3. The molecule has 182 valence electrons. The summed E-state index contributed by atoms with van der Waals surface area (Å²) in [7, 11) is 5.30. The summed E-state index contributed by atoms with van der Waals surface area (Å²) < 4.78 is 28.0. The van der Waals surface area contributed by atoms with E-state index in [4.69, 9.17) is 9.47 Å². The first-order valence-electron chi connectivity index (χ1n) is 11.3. The van der Waals surface area contributed by atoms with E-state index in [1.54, 1.807) is 29.2 Å². The summed E-state index contributed by atoms with van der Waals surface area (Å²) in [6.45, 7) is 1.73. The number of benzene rings is 1. The highest BCUT2D eigenvalue weighted by atomic mass is 19.1. The van der Waals surface area contributed by atoms with E-state index in [1.807, 2.05) is 20.3 Å². The van der Waals surface area contributed by atoms with Crippen LogP contribution in [0.1, 0.15) is 12.8 Å². The summed E-state index contributed by atoms with van der Waals surface area (Å²) in [6, 6.07) is 4.54. The quantitative estimate of drug-likeness (QED) is 0.448. The zero-order valence-electron chi connectivity index (χ0n) is 19.7. The Balaban J connectivity index is 1.42. The first kappa shape index (κ1) is 22.8. The van der Waals surface area contributed by atoms with Crippen LogP contribution in [0.25, 0.3) is 33.4 Å². The number of aromatic amines is 1. The van der Waals surface area contributed by atoms with Gasteiger partial charge in [0.2, 0.25) is 0 Å². The van der Waals surface area contributed by atoms with Gasteiger partial charge >= 0.3 is 6.09 Å². The molecule has 35 heavy (non-hydrogen) atoms. The highest BCUT2D eigenvalue weighted by molar-refractivity contribution is 5.95. The van der Waals surface area contributed by atoms with Crippen LogP contribution in [0.15, 0.2) is 36.8 Å². The highest BCUT2D eigenvalue weighted by Crippen LogP contribution is 2.37. The molecule has 0 saturated carbocycles. The van der Waals surface area contributed by atoms with Crippen molar-refractivity contribution in [2.45, 2.75) is 18.9 Å². The molecule has 2 N–H and O–H groups in total. The van der Waals surface area contributed by atoms with E-state index in [1.165, 1.54) is 13.2 Å². The highest BCUT2D eigenvalue weighted by Gasteiger charge is 2.22. The number of piperidine rings is 1. The molecular formula is C24H26FN7O3. The van der Waals surface area contributed by atoms with Crippen molar-refractivity contribution in [3.8, 4) is 28.3 Å². The van der Waals surface area contributed by atoms with E-state index in [-0.39, 0.29) is 23.1 Å². The Kier molecular flexibility index (Phi) is 6.08. The molecule has 0 bridgehead atoms. The maximum Gasteiger partial charge on any atom is 0.411 e. The number of anilines is 1. The summed E-state index contributed by atoms with van der Waals surface area (Å²) in [5, 5.41) is 14.9. The SMILES string of the molecule is COc1cc(NC(=O)OC2CCN(C)CC2)cc(F)c1-c1cc2c(-c3cnn(C)c3)n[nH]c2cn1. The number of hydrogen-bond acceptors (Lipinski definition) is 7. The molecule has 0 spiro atoms. The molecule has 1 aliphatic rings. The number of halogens is 1. The Bertz CT molecular complexity index is 1370. The molecule has 4 aromatic rings. The maximum absolute atomic E-state index is 15.3. The smallest absolute Gasteiger partial charge is 0.411 e. The maximum atomic E-state index is 15.3. The van der Waals surface area contributed by atoms with E-state index < -0.39 is 11.9 Å². The molecule has 0 aliphatic carbocycles. The van der Waals surface area contributed by atoms with E-state index in [9.17, 15) is 4.79 Å². The summed E-state index contributed by atoms with van der Waals surface area (Å²) in [6.07, 6.45) is 5.92. The number of pyridine rings is 1. The fourth-order valence-corrected chi connectivity index (χ4v) is 4.28. The summed E-state index contributed by atoms with van der Waals surface area (Å²) in [5.74, 6) is -0.352. The molecule has 5 rings (SSSR count). The average Bonchev–Trinajstić information content (AvgIpc) is 3.45. The van der Waals surface area contributed by atoms with Crippen LogP contribution in [0, 0.1) is 5.82 Å². The third-order valence-electron chi connectivity index (χ3n) is 6.14. The van der Waals surface area contributed by atoms with Crippen molar-refractivity contribution in [1.29, 1.82) is 0 Å². The number of ether oxygens (including phenoxy) is 2. The van der Waals surface area contributed by atoms with E-state index in [0.29, 0.717) is 16.9 Å². The van der Waals surface area contributed by atoms with Gasteiger partial charge in [0.1, 0.15) is 23.4 Å². The third-order valence-corrected chi connectivity index (χ3v) is 6.14. The monoisotopic (exact) mass is 479 g/mol. The zero-order valence-corrected chi connectivity index (χ0v) is 19.7. The number of H-pyrrole nitrogens is 1. The summed E-state index contributed by atoms with van der Waals surface area (Å²) >= 11 is 0. The predicted molar refractivity (Wildman–Crippen MR) is 129 cm³/mol. The number of methoxy groups -OCH3 is 1. The van der Waals surface area contributed by atoms with Crippen LogP contribution in [-0.2, 0) is 11.8 Å². The van der Waals surface area contributed by atoms with Crippen LogP contribution in [-0.4, -0.2) is 69.3 Å². The van der Waals surface area contributed by atoms with Crippen LogP contribution < -0.4 is 10.1 Å². The number of rotatable bonds is 5. The number of hydrogen-bond donors (Lipinski definition) is 2. The molecule has 1 aliphatic heterocycles. The number of amides is 1. The standard InChI is InChI=1S/C24H26FN7O3/c1-31-6-4-16(5-7-31)35-24(33)28-15-8-18(25)22(21(9-15)34-3)19-10-17-20(12-26-19)29-30-23(17)14-11-27-32(2)13-14/h8-13,16H,4-7H2,1-3H3,(H,28,33)(H,29,30). The Morgan fingerprint density at radius 2 is 2.00 bits per heavy atom. The van der Waals surface area contributed by atoms with Gasteiger partial charge in [0.15, 0.2) is 0 Å². The van der Waals surface area contributed by atoms with Crippen LogP contribution in [0.2, 0.25) is 0 Å². The van der Waals surface area contributed by atoms with E-state index in [2.05, 4.69) is 30.5 Å². The van der Waals surface area contributed by atoms with Crippen molar-refractivity contribution in [1.82, 2.24) is 29.9 Å². The van der Waals surface area contributed by atoms with Crippen LogP contribution >= 0.6 is 0 Å². The molecule has 1 saturated heterocycles. The van der Waals surface area contributed by atoms with Gasteiger partial charge < -0.3 is 14.4 Å². The van der Waals surface area contributed by atoms with Gasteiger partial charge in [-0.05, 0) is 32.0 Å². The normalized spacial score (nSPS) is 14.9. The van der Waals surface area contributed by atoms with Crippen LogP contribution in [0.5, 0.6) is 5.75 Å². The molecule has 0 atom stereocenters. The lowest BCUT2D eigenvalue weighted by Gasteiger charge is -2.28. The fraction of sp³-hybridized carbons (Fsp3) is 0.333. The van der Waals surface area contributed by atoms with Crippen molar-refractivity contribution in [2.75, 3.05) is 32.6 Å². The van der Waals surface area contributed by atoms with E-state index in [0.717, 1.165) is 36.9 Å². The van der Waals surface area contributed by atoms with Crippen molar-refractivity contribution < 1.29 is 18.7 Å². The second-order valence-corrected chi connectivity index (χ2v) is 8.66. The second-order valence-electron chi connectivity index (χ2n) is 8.66. The molecular weight excluding hydrogens is 453 g/mol. The number of aromatic nitrogens is 5. The van der Waals surface area contributed by atoms with Gasteiger partial charge in [-0.2, -0.15) is 10.2 Å². The third kappa shape index (κ3) is 4.67. The Morgan fingerprint density at radius 1 is 1.20 bits per heavy atom. The minimum absolute atomic E-state index is 0.155.